The summed E-state index contributed by atoms with van der Waals surface area (Å²) in [6.07, 6.45) is 4.36. The number of hydrogen-bond donors (Lipinski definition) is 1. The first-order valence-electron chi connectivity index (χ1n) is 10.1. The average Bonchev–Trinajstić information content (AvgIpc) is 2.74. The summed E-state index contributed by atoms with van der Waals surface area (Å²) in [6.45, 7) is 10.5. The van der Waals surface area contributed by atoms with Crippen molar-refractivity contribution in [2.45, 2.75) is 32.7 Å². The van der Waals surface area contributed by atoms with Gasteiger partial charge in [-0.1, -0.05) is 6.92 Å². The van der Waals surface area contributed by atoms with Crippen molar-refractivity contribution in [2.24, 2.45) is 0 Å². The van der Waals surface area contributed by atoms with Gasteiger partial charge in [-0.3, -0.25) is 4.79 Å². The molecule has 2 fully saturated rings. The largest absolute Gasteiger partial charge is 0.450 e. The van der Waals surface area contributed by atoms with Gasteiger partial charge < -0.3 is 24.8 Å². The normalized spacial score (nSPS) is 18.8. The molecule has 9 heteroatoms. The van der Waals surface area contributed by atoms with E-state index in [9.17, 15) is 9.59 Å². The van der Waals surface area contributed by atoms with Crippen LogP contribution in [0.15, 0.2) is 12.4 Å². The van der Waals surface area contributed by atoms with Crippen LogP contribution in [0, 0.1) is 0 Å². The molecule has 154 valence electrons. The Labute approximate surface area is 166 Å². The number of piperazine rings is 1. The lowest BCUT2D eigenvalue weighted by Crippen LogP contribution is -2.47. The van der Waals surface area contributed by atoms with Gasteiger partial charge in [-0.2, -0.15) is 0 Å². The van der Waals surface area contributed by atoms with Crippen LogP contribution in [0.1, 0.15) is 37.2 Å². The van der Waals surface area contributed by atoms with E-state index in [4.69, 9.17) is 4.74 Å². The van der Waals surface area contributed by atoms with Gasteiger partial charge in [0.15, 0.2) is 0 Å². The van der Waals surface area contributed by atoms with E-state index < -0.39 is 0 Å². The molecule has 2 amide bonds. The third-order valence-electron chi connectivity index (χ3n) is 5.37. The van der Waals surface area contributed by atoms with Crippen molar-refractivity contribution in [1.29, 1.82) is 0 Å². The molecule has 9 nitrogen and oxygen atoms in total. The Hall–Kier alpha value is -2.42. The van der Waals surface area contributed by atoms with Crippen molar-refractivity contribution in [3.05, 3.63) is 18.1 Å². The van der Waals surface area contributed by atoms with Crippen LogP contribution in [0.2, 0.25) is 0 Å². The van der Waals surface area contributed by atoms with Gasteiger partial charge in [-0.25, -0.2) is 14.8 Å². The number of nitrogens with zero attached hydrogens (tertiary/aromatic N) is 5. The van der Waals surface area contributed by atoms with E-state index in [1.165, 1.54) is 0 Å². The van der Waals surface area contributed by atoms with Crippen molar-refractivity contribution >= 4 is 17.8 Å². The molecule has 28 heavy (non-hydrogen) atoms. The van der Waals surface area contributed by atoms with E-state index in [2.05, 4.69) is 32.0 Å². The van der Waals surface area contributed by atoms with Gasteiger partial charge in [0.05, 0.1) is 19.0 Å². The Morgan fingerprint density at radius 1 is 1.07 bits per heavy atom. The first kappa shape index (κ1) is 20.3. The second-order valence-electron chi connectivity index (χ2n) is 7.11. The summed E-state index contributed by atoms with van der Waals surface area (Å²) in [5, 5.41) is 3.00. The fraction of sp³-hybridized carbons (Fsp3) is 0.684. The lowest BCUT2D eigenvalue weighted by atomic mass is 10.1. The molecular formula is C19H30N6O3. The van der Waals surface area contributed by atoms with Gasteiger partial charge in [0, 0.05) is 45.3 Å². The van der Waals surface area contributed by atoms with E-state index in [1.54, 1.807) is 24.2 Å². The van der Waals surface area contributed by atoms with Crippen molar-refractivity contribution in [2.75, 3.05) is 57.3 Å². The van der Waals surface area contributed by atoms with Crippen LogP contribution in [0.5, 0.6) is 0 Å². The third kappa shape index (κ3) is 5.09. The summed E-state index contributed by atoms with van der Waals surface area (Å²) in [5.74, 6) is 0.597. The lowest BCUT2D eigenvalue weighted by molar-refractivity contribution is 0.0856. The zero-order valence-electron chi connectivity index (χ0n) is 16.8. The molecule has 1 N–H and O–H groups in total. The third-order valence-corrected chi connectivity index (χ3v) is 5.37. The van der Waals surface area contributed by atoms with Crippen LogP contribution in [0.3, 0.4) is 0 Å². The highest BCUT2D eigenvalue weighted by atomic mass is 16.6. The maximum Gasteiger partial charge on any atom is 0.409 e. The van der Waals surface area contributed by atoms with Crippen molar-refractivity contribution in [3.63, 3.8) is 0 Å². The van der Waals surface area contributed by atoms with E-state index in [-0.39, 0.29) is 18.0 Å². The SMILES string of the molecule is CCOC(=O)N1CCC(NC(=O)c2cnc(N3CCN(CC)CC3)cn2)CC1. The maximum atomic E-state index is 12.5. The van der Waals surface area contributed by atoms with Gasteiger partial charge in [0.2, 0.25) is 0 Å². The standard InChI is InChI=1S/C19H30N6O3/c1-3-23-9-11-24(12-10-23)17-14-20-16(13-21-17)18(26)22-15-5-7-25(8-6-15)19(27)28-4-2/h13-15H,3-12H2,1-2H3,(H,22,26). The highest BCUT2D eigenvalue weighted by molar-refractivity contribution is 5.92. The monoisotopic (exact) mass is 390 g/mol. The molecule has 0 unspecified atom stereocenters. The van der Waals surface area contributed by atoms with Gasteiger partial charge in [0.1, 0.15) is 11.5 Å². The fourth-order valence-electron chi connectivity index (χ4n) is 3.58. The molecule has 3 heterocycles. The molecule has 2 aliphatic rings. The van der Waals surface area contributed by atoms with Crippen molar-refractivity contribution in [3.8, 4) is 0 Å². The zero-order valence-corrected chi connectivity index (χ0v) is 16.8. The number of carbonyl (C=O) groups excluding carboxylic acids is 2. The molecule has 0 radical (unpaired) electrons. The number of ether oxygens (including phenoxy) is 1. The second-order valence-corrected chi connectivity index (χ2v) is 7.11. The molecular weight excluding hydrogens is 360 g/mol. The number of amides is 2. The molecule has 0 bridgehead atoms. The minimum absolute atomic E-state index is 0.0294. The number of nitrogens with one attached hydrogen (secondary N) is 1. The van der Waals surface area contributed by atoms with Crippen LogP contribution in [0.4, 0.5) is 10.6 Å². The Morgan fingerprint density at radius 3 is 2.36 bits per heavy atom. The second kappa shape index (κ2) is 9.68. The van der Waals surface area contributed by atoms with Gasteiger partial charge in [-0.05, 0) is 26.3 Å². The molecule has 0 aliphatic carbocycles. The number of carbonyl (C=O) groups is 2. The molecule has 0 atom stereocenters. The summed E-state index contributed by atoms with van der Waals surface area (Å²) >= 11 is 0. The summed E-state index contributed by atoms with van der Waals surface area (Å²) in [7, 11) is 0. The highest BCUT2D eigenvalue weighted by Crippen LogP contribution is 2.14. The summed E-state index contributed by atoms with van der Waals surface area (Å²) in [5.41, 5.74) is 0.323. The number of rotatable bonds is 5. The molecule has 1 aromatic heterocycles. The topological polar surface area (TPSA) is 90.9 Å². The maximum absolute atomic E-state index is 12.5. The minimum atomic E-state index is -0.284. The molecule has 1 aromatic rings. The Morgan fingerprint density at radius 2 is 1.79 bits per heavy atom. The molecule has 0 saturated carbocycles. The number of hydrogen-bond acceptors (Lipinski definition) is 7. The van der Waals surface area contributed by atoms with Gasteiger partial charge in [0.25, 0.3) is 5.91 Å². The fourth-order valence-corrected chi connectivity index (χ4v) is 3.58. The van der Waals surface area contributed by atoms with Crippen LogP contribution in [0.25, 0.3) is 0 Å². The van der Waals surface area contributed by atoms with Gasteiger partial charge in [-0.15, -0.1) is 0 Å². The smallest absolute Gasteiger partial charge is 0.409 e. The summed E-state index contributed by atoms with van der Waals surface area (Å²) in [6, 6.07) is 0.0294. The van der Waals surface area contributed by atoms with E-state index in [1.807, 2.05) is 0 Å². The predicted molar refractivity (Wildman–Crippen MR) is 105 cm³/mol. The average molecular weight is 390 g/mol. The molecule has 0 aromatic carbocycles. The summed E-state index contributed by atoms with van der Waals surface area (Å²) < 4.78 is 5.02. The first-order chi connectivity index (χ1) is 13.6. The number of likely N-dealkylation sites (N-methyl/N-ethyl adjacent to an activating group) is 1. The van der Waals surface area contributed by atoms with Crippen LogP contribution >= 0.6 is 0 Å². The molecule has 2 saturated heterocycles. The van der Waals surface area contributed by atoms with Crippen molar-refractivity contribution in [1.82, 2.24) is 25.1 Å². The van der Waals surface area contributed by atoms with E-state index >= 15 is 0 Å². The van der Waals surface area contributed by atoms with Crippen LogP contribution in [-0.2, 0) is 4.74 Å². The quantitative estimate of drug-likeness (QED) is 0.801. The van der Waals surface area contributed by atoms with Crippen LogP contribution in [-0.4, -0.2) is 90.2 Å². The number of aromatic nitrogens is 2. The number of anilines is 1. The number of likely N-dealkylation sites (tertiary alicyclic amines) is 1. The zero-order chi connectivity index (χ0) is 19.9. The lowest BCUT2D eigenvalue weighted by Gasteiger charge is -2.34. The highest BCUT2D eigenvalue weighted by Gasteiger charge is 2.25. The number of piperidine rings is 1. The summed E-state index contributed by atoms with van der Waals surface area (Å²) in [4.78, 5) is 39.2. The van der Waals surface area contributed by atoms with E-state index in [0.717, 1.165) is 38.5 Å². The predicted octanol–water partition coefficient (Wildman–Crippen LogP) is 0.969. The minimum Gasteiger partial charge on any atom is -0.450 e. The Bertz CT molecular complexity index is 652. The molecule has 2 aliphatic heterocycles. The van der Waals surface area contributed by atoms with Crippen molar-refractivity contribution < 1.29 is 14.3 Å². The Balaban J connectivity index is 1.47. The first-order valence-corrected chi connectivity index (χ1v) is 10.1. The Kier molecular flexibility index (Phi) is 7.02. The van der Waals surface area contributed by atoms with Crippen LogP contribution < -0.4 is 10.2 Å². The van der Waals surface area contributed by atoms with E-state index in [0.29, 0.717) is 38.2 Å². The molecule has 3 rings (SSSR count). The molecule has 0 spiro atoms. The van der Waals surface area contributed by atoms with Gasteiger partial charge >= 0.3 is 6.09 Å².